The number of methoxy groups -OCH3 is 1. The summed E-state index contributed by atoms with van der Waals surface area (Å²) in [5.74, 6) is 0.447. The largest absolute Gasteiger partial charge is 0.496 e. The lowest BCUT2D eigenvalue weighted by Gasteiger charge is -2.08. The van der Waals surface area contributed by atoms with Crippen LogP contribution >= 0.6 is 15.9 Å². The minimum absolute atomic E-state index is 0.0521. The van der Waals surface area contributed by atoms with Crippen molar-refractivity contribution in [3.05, 3.63) is 22.2 Å². The normalized spacial score (nSPS) is 9.77. The third kappa shape index (κ3) is 2.01. The van der Waals surface area contributed by atoms with Crippen LogP contribution in [0.15, 0.2) is 16.6 Å². The van der Waals surface area contributed by atoms with Gasteiger partial charge in [0, 0.05) is 16.2 Å². The monoisotopic (exact) mass is 243 g/mol. The second kappa shape index (κ2) is 3.79. The molecule has 2 N–H and O–H groups in total. The summed E-state index contributed by atoms with van der Waals surface area (Å²) in [6, 6.07) is 3.31. The lowest BCUT2D eigenvalue weighted by Crippen LogP contribution is -2.00. The average Bonchev–Trinajstić information content (AvgIpc) is 2.01. The third-order valence-corrected chi connectivity index (χ3v) is 2.27. The molecule has 0 aliphatic heterocycles. The van der Waals surface area contributed by atoms with E-state index in [-0.39, 0.29) is 5.78 Å². The van der Waals surface area contributed by atoms with Crippen LogP contribution < -0.4 is 10.5 Å². The zero-order chi connectivity index (χ0) is 10.0. The first-order valence-electron chi connectivity index (χ1n) is 3.70. The molecule has 0 saturated heterocycles. The van der Waals surface area contributed by atoms with Crippen molar-refractivity contribution in [3.8, 4) is 5.75 Å². The molecule has 0 radical (unpaired) electrons. The molecule has 3 nitrogen and oxygen atoms in total. The quantitative estimate of drug-likeness (QED) is 0.641. The summed E-state index contributed by atoms with van der Waals surface area (Å²) in [6.45, 7) is 1.48. The number of ketones is 1. The van der Waals surface area contributed by atoms with Gasteiger partial charge in [-0.2, -0.15) is 0 Å². The first kappa shape index (κ1) is 10.1. The Bertz CT molecular complexity index is 350. The number of nitrogens with two attached hydrogens (primary N) is 1. The van der Waals surface area contributed by atoms with E-state index in [9.17, 15) is 4.79 Å². The van der Waals surface area contributed by atoms with Crippen LogP contribution in [0.5, 0.6) is 5.75 Å². The van der Waals surface area contributed by atoms with Crippen LogP contribution in [0.25, 0.3) is 0 Å². The number of anilines is 1. The van der Waals surface area contributed by atoms with Crippen molar-refractivity contribution in [1.82, 2.24) is 0 Å². The Balaban J connectivity index is 3.38. The smallest absolute Gasteiger partial charge is 0.164 e. The molecule has 13 heavy (non-hydrogen) atoms. The maximum atomic E-state index is 11.2. The molecule has 0 aliphatic carbocycles. The van der Waals surface area contributed by atoms with E-state index in [1.807, 2.05) is 0 Å². The SMILES string of the molecule is COc1cc(N)cc(Br)c1C(C)=O. The van der Waals surface area contributed by atoms with Gasteiger partial charge in [-0.25, -0.2) is 0 Å². The van der Waals surface area contributed by atoms with Gasteiger partial charge in [0.15, 0.2) is 5.78 Å². The number of benzene rings is 1. The molecule has 70 valence electrons. The molecule has 1 aromatic rings. The number of hydrogen-bond acceptors (Lipinski definition) is 3. The van der Waals surface area contributed by atoms with Gasteiger partial charge in [-0.15, -0.1) is 0 Å². The highest BCUT2D eigenvalue weighted by Gasteiger charge is 2.12. The molecule has 4 heteroatoms. The Morgan fingerprint density at radius 1 is 1.54 bits per heavy atom. The molecular weight excluding hydrogens is 234 g/mol. The summed E-state index contributed by atoms with van der Waals surface area (Å²) >= 11 is 3.26. The summed E-state index contributed by atoms with van der Waals surface area (Å²) in [6.07, 6.45) is 0. The molecule has 0 aromatic heterocycles. The van der Waals surface area contributed by atoms with Crippen molar-refractivity contribution >= 4 is 27.4 Å². The number of halogens is 1. The second-order valence-electron chi connectivity index (χ2n) is 2.64. The summed E-state index contributed by atoms with van der Waals surface area (Å²) in [5, 5.41) is 0. The fraction of sp³-hybridized carbons (Fsp3) is 0.222. The third-order valence-electron chi connectivity index (χ3n) is 1.65. The molecule has 0 spiro atoms. The average molecular weight is 244 g/mol. The fourth-order valence-electron chi connectivity index (χ4n) is 1.10. The molecule has 0 atom stereocenters. The van der Waals surface area contributed by atoms with Gasteiger partial charge in [0.1, 0.15) is 5.75 Å². The summed E-state index contributed by atoms with van der Waals surface area (Å²) in [4.78, 5) is 11.2. The van der Waals surface area contributed by atoms with Crippen LogP contribution in [0.4, 0.5) is 5.69 Å². The highest BCUT2D eigenvalue weighted by Crippen LogP contribution is 2.30. The minimum Gasteiger partial charge on any atom is -0.496 e. The molecule has 1 aromatic carbocycles. The van der Waals surface area contributed by atoms with Crippen LogP contribution in [0.1, 0.15) is 17.3 Å². The lowest BCUT2D eigenvalue weighted by atomic mass is 10.1. The maximum Gasteiger partial charge on any atom is 0.164 e. The first-order chi connectivity index (χ1) is 6.06. The molecule has 0 fully saturated rings. The Kier molecular flexibility index (Phi) is 2.93. The van der Waals surface area contributed by atoms with Gasteiger partial charge in [0.05, 0.1) is 12.7 Å². The predicted molar refractivity (Wildman–Crippen MR) is 55.1 cm³/mol. The number of ether oxygens (including phenoxy) is 1. The molecular formula is C9H10BrNO2. The van der Waals surface area contributed by atoms with Crippen molar-refractivity contribution in [3.63, 3.8) is 0 Å². The Morgan fingerprint density at radius 3 is 2.62 bits per heavy atom. The van der Waals surface area contributed by atoms with E-state index in [2.05, 4.69) is 15.9 Å². The maximum absolute atomic E-state index is 11.2. The Labute approximate surface area is 85.0 Å². The van der Waals surface area contributed by atoms with Crippen molar-refractivity contribution < 1.29 is 9.53 Å². The van der Waals surface area contributed by atoms with Crippen molar-refractivity contribution in [2.45, 2.75) is 6.92 Å². The standard InChI is InChI=1S/C9H10BrNO2/c1-5(12)9-7(10)3-6(11)4-8(9)13-2/h3-4H,11H2,1-2H3. The molecule has 0 aliphatic rings. The van der Waals surface area contributed by atoms with E-state index in [0.717, 1.165) is 0 Å². The minimum atomic E-state index is -0.0521. The zero-order valence-electron chi connectivity index (χ0n) is 7.43. The topological polar surface area (TPSA) is 52.3 Å². The van der Waals surface area contributed by atoms with E-state index in [0.29, 0.717) is 21.5 Å². The van der Waals surface area contributed by atoms with Crippen LogP contribution in [-0.4, -0.2) is 12.9 Å². The number of rotatable bonds is 2. The summed E-state index contributed by atoms with van der Waals surface area (Å²) in [5.41, 5.74) is 6.67. The van der Waals surface area contributed by atoms with Gasteiger partial charge in [-0.1, -0.05) is 0 Å². The Hall–Kier alpha value is -1.03. The second-order valence-corrected chi connectivity index (χ2v) is 3.49. The van der Waals surface area contributed by atoms with Crippen LogP contribution in [0.3, 0.4) is 0 Å². The van der Waals surface area contributed by atoms with Gasteiger partial charge in [0.2, 0.25) is 0 Å². The van der Waals surface area contributed by atoms with Gasteiger partial charge in [-0.3, -0.25) is 4.79 Å². The van der Waals surface area contributed by atoms with E-state index in [4.69, 9.17) is 10.5 Å². The van der Waals surface area contributed by atoms with Gasteiger partial charge >= 0.3 is 0 Å². The van der Waals surface area contributed by atoms with Gasteiger partial charge < -0.3 is 10.5 Å². The number of nitrogen functional groups attached to an aromatic ring is 1. The molecule has 0 bridgehead atoms. The molecule has 1 rings (SSSR count). The lowest BCUT2D eigenvalue weighted by molar-refractivity contribution is 0.101. The van der Waals surface area contributed by atoms with E-state index in [1.165, 1.54) is 14.0 Å². The van der Waals surface area contributed by atoms with Crippen LogP contribution in [-0.2, 0) is 0 Å². The molecule has 0 amide bonds. The Morgan fingerprint density at radius 2 is 2.15 bits per heavy atom. The van der Waals surface area contributed by atoms with Crippen LogP contribution in [0, 0.1) is 0 Å². The molecule has 0 saturated carbocycles. The summed E-state index contributed by atoms with van der Waals surface area (Å²) in [7, 11) is 1.51. The van der Waals surface area contributed by atoms with Gasteiger partial charge in [0.25, 0.3) is 0 Å². The molecule has 0 unspecified atom stereocenters. The predicted octanol–water partition coefficient (Wildman–Crippen LogP) is 2.24. The van der Waals surface area contributed by atoms with E-state index >= 15 is 0 Å². The van der Waals surface area contributed by atoms with Crippen molar-refractivity contribution in [2.24, 2.45) is 0 Å². The highest BCUT2D eigenvalue weighted by molar-refractivity contribution is 9.10. The zero-order valence-corrected chi connectivity index (χ0v) is 9.01. The first-order valence-corrected chi connectivity index (χ1v) is 4.49. The summed E-state index contributed by atoms with van der Waals surface area (Å²) < 4.78 is 5.70. The van der Waals surface area contributed by atoms with Crippen molar-refractivity contribution in [2.75, 3.05) is 12.8 Å². The number of carbonyl (C=O) groups excluding carboxylic acids is 1. The number of hydrogen-bond donors (Lipinski definition) is 1. The van der Waals surface area contributed by atoms with Crippen LogP contribution in [0.2, 0.25) is 0 Å². The van der Waals surface area contributed by atoms with Gasteiger partial charge in [-0.05, 0) is 28.9 Å². The van der Waals surface area contributed by atoms with E-state index in [1.54, 1.807) is 12.1 Å². The van der Waals surface area contributed by atoms with E-state index < -0.39 is 0 Å². The molecule has 0 heterocycles. The van der Waals surface area contributed by atoms with Crippen molar-refractivity contribution in [1.29, 1.82) is 0 Å². The fourth-order valence-corrected chi connectivity index (χ4v) is 1.84. The highest BCUT2D eigenvalue weighted by atomic mass is 79.9. The number of Topliss-reactive ketones (excluding diaryl/α,β-unsaturated/α-hetero) is 1. The number of carbonyl (C=O) groups is 1.